The molecule has 0 unspecified atom stereocenters. The Balaban J connectivity index is 1.42. The lowest BCUT2D eigenvalue weighted by molar-refractivity contribution is 0.545. The van der Waals surface area contributed by atoms with Crippen LogP contribution in [0.1, 0.15) is 0 Å². The molecular weight excluding hydrogens is 270 g/mol. The standard InChI is InChI=1S/C14H13N5S/c1-2-5-16-13(3-1)19-8-10(9-19)17-14-18-11-7-15-6-4-12(11)20-14/h1-7,10H,8-9H2,(H,17,18). The number of hydrogen-bond acceptors (Lipinski definition) is 6. The van der Waals surface area contributed by atoms with Crippen molar-refractivity contribution < 1.29 is 0 Å². The molecule has 0 aliphatic carbocycles. The van der Waals surface area contributed by atoms with Crippen LogP contribution < -0.4 is 10.2 Å². The molecule has 0 spiro atoms. The molecule has 3 aromatic heterocycles. The SMILES string of the molecule is c1ccc(N2CC(Nc3nc4cnccc4s3)C2)nc1. The highest BCUT2D eigenvalue weighted by Crippen LogP contribution is 2.27. The molecule has 5 nitrogen and oxygen atoms in total. The van der Waals surface area contributed by atoms with Crippen LogP contribution in [0.15, 0.2) is 42.9 Å². The average molecular weight is 283 g/mol. The van der Waals surface area contributed by atoms with Crippen molar-refractivity contribution in [3.05, 3.63) is 42.9 Å². The van der Waals surface area contributed by atoms with Crippen LogP contribution >= 0.6 is 11.3 Å². The van der Waals surface area contributed by atoms with Gasteiger partial charge in [0.15, 0.2) is 5.13 Å². The Morgan fingerprint density at radius 1 is 1.20 bits per heavy atom. The molecular formula is C14H13N5S. The highest BCUT2D eigenvalue weighted by atomic mass is 32.1. The van der Waals surface area contributed by atoms with Crippen molar-refractivity contribution in [3.63, 3.8) is 0 Å². The van der Waals surface area contributed by atoms with Gasteiger partial charge in [0.1, 0.15) is 11.3 Å². The van der Waals surface area contributed by atoms with E-state index in [-0.39, 0.29) is 0 Å². The first kappa shape index (κ1) is 11.6. The van der Waals surface area contributed by atoms with Crippen molar-refractivity contribution in [1.82, 2.24) is 15.0 Å². The van der Waals surface area contributed by atoms with Crippen LogP contribution in [0.3, 0.4) is 0 Å². The Morgan fingerprint density at radius 2 is 2.15 bits per heavy atom. The summed E-state index contributed by atoms with van der Waals surface area (Å²) in [5.41, 5.74) is 0.959. The maximum absolute atomic E-state index is 4.54. The number of nitrogens with zero attached hydrogens (tertiary/aromatic N) is 4. The number of hydrogen-bond donors (Lipinski definition) is 1. The van der Waals surface area contributed by atoms with Crippen LogP contribution in [-0.4, -0.2) is 34.1 Å². The van der Waals surface area contributed by atoms with E-state index >= 15 is 0 Å². The van der Waals surface area contributed by atoms with E-state index in [9.17, 15) is 0 Å². The molecule has 3 aromatic rings. The first-order chi connectivity index (χ1) is 9.88. The molecule has 4 heterocycles. The molecule has 0 radical (unpaired) electrons. The van der Waals surface area contributed by atoms with Gasteiger partial charge in [0.2, 0.25) is 0 Å². The Bertz CT molecular complexity index is 688. The van der Waals surface area contributed by atoms with Gasteiger partial charge < -0.3 is 10.2 Å². The van der Waals surface area contributed by atoms with Crippen LogP contribution in [-0.2, 0) is 0 Å². The fraction of sp³-hybridized carbons (Fsp3) is 0.214. The molecule has 20 heavy (non-hydrogen) atoms. The molecule has 1 aliphatic heterocycles. The first-order valence-corrected chi connectivity index (χ1v) is 7.33. The van der Waals surface area contributed by atoms with Gasteiger partial charge in [-0.2, -0.15) is 0 Å². The summed E-state index contributed by atoms with van der Waals surface area (Å²) in [5.74, 6) is 1.04. The molecule has 0 bridgehead atoms. The van der Waals surface area contributed by atoms with Gasteiger partial charge in [0.05, 0.1) is 16.9 Å². The molecule has 100 valence electrons. The second-order valence-electron chi connectivity index (χ2n) is 4.80. The maximum atomic E-state index is 4.54. The lowest BCUT2D eigenvalue weighted by Crippen LogP contribution is -2.55. The minimum atomic E-state index is 0.436. The molecule has 1 fully saturated rings. The van der Waals surface area contributed by atoms with Crippen molar-refractivity contribution in [3.8, 4) is 0 Å². The van der Waals surface area contributed by atoms with Gasteiger partial charge in [-0.05, 0) is 18.2 Å². The zero-order chi connectivity index (χ0) is 13.4. The summed E-state index contributed by atoms with van der Waals surface area (Å²) in [6, 6.07) is 8.43. The van der Waals surface area contributed by atoms with E-state index in [1.807, 2.05) is 30.5 Å². The van der Waals surface area contributed by atoms with Gasteiger partial charge in [-0.3, -0.25) is 4.98 Å². The molecule has 0 amide bonds. The summed E-state index contributed by atoms with van der Waals surface area (Å²) >= 11 is 1.68. The lowest BCUT2D eigenvalue weighted by atomic mass is 10.1. The smallest absolute Gasteiger partial charge is 0.184 e. The summed E-state index contributed by atoms with van der Waals surface area (Å²) in [6.45, 7) is 1.93. The summed E-state index contributed by atoms with van der Waals surface area (Å²) in [5, 5.41) is 4.45. The summed E-state index contributed by atoms with van der Waals surface area (Å²) in [6.07, 6.45) is 5.44. The third-order valence-corrected chi connectivity index (χ3v) is 4.34. The molecule has 1 N–H and O–H groups in total. The zero-order valence-electron chi connectivity index (χ0n) is 10.7. The van der Waals surface area contributed by atoms with Gasteiger partial charge >= 0.3 is 0 Å². The fourth-order valence-corrected chi connectivity index (χ4v) is 3.22. The Hall–Kier alpha value is -2.21. The van der Waals surface area contributed by atoms with Crippen molar-refractivity contribution in [2.75, 3.05) is 23.3 Å². The Morgan fingerprint density at radius 3 is 2.95 bits per heavy atom. The van der Waals surface area contributed by atoms with E-state index in [0.717, 1.165) is 29.6 Å². The molecule has 0 atom stereocenters. The molecule has 0 aromatic carbocycles. The topological polar surface area (TPSA) is 53.9 Å². The van der Waals surface area contributed by atoms with E-state index in [1.54, 1.807) is 23.7 Å². The van der Waals surface area contributed by atoms with Crippen LogP contribution in [0.4, 0.5) is 10.9 Å². The number of anilines is 2. The molecule has 1 saturated heterocycles. The van der Waals surface area contributed by atoms with Gasteiger partial charge in [-0.25, -0.2) is 9.97 Å². The lowest BCUT2D eigenvalue weighted by Gasteiger charge is -2.40. The highest BCUT2D eigenvalue weighted by Gasteiger charge is 2.28. The second-order valence-corrected chi connectivity index (χ2v) is 5.83. The molecule has 6 heteroatoms. The number of fused-ring (bicyclic) bond motifs is 1. The van der Waals surface area contributed by atoms with Gasteiger partial charge in [0, 0.05) is 25.5 Å². The summed E-state index contributed by atoms with van der Waals surface area (Å²) in [7, 11) is 0. The largest absolute Gasteiger partial charge is 0.355 e. The first-order valence-electron chi connectivity index (χ1n) is 6.51. The van der Waals surface area contributed by atoms with Crippen molar-refractivity contribution >= 4 is 32.5 Å². The predicted molar refractivity (Wildman–Crippen MR) is 81.3 cm³/mol. The summed E-state index contributed by atoms with van der Waals surface area (Å²) < 4.78 is 1.17. The molecule has 4 rings (SSSR count). The number of nitrogens with one attached hydrogen (secondary N) is 1. The Kier molecular flexibility index (Phi) is 2.74. The predicted octanol–water partition coefficient (Wildman–Crippen LogP) is 2.39. The van der Waals surface area contributed by atoms with Crippen LogP contribution in [0, 0.1) is 0 Å². The number of pyridine rings is 2. The number of aromatic nitrogens is 3. The molecule has 1 aliphatic rings. The Labute approximate surface area is 120 Å². The monoisotopic (exact) mass is 283 g/mol. The third-order valence-electron chi connectivity index (χ3n) is 3.37. The van der Waals surface area contributed by atoms with Crippen LogP contribution in [0.2, 0.25) is 0 Å². The maximum Gasteiger partial charge on any atom is 0.184 e. The van der Waals surface area contributed by atoms with Gasteiger partial charge in [0.25, 0.3) is 0 Å². The van der Waals surface area contributed by atoms with E-state index in [0.29, 0.717) is 6.04 Å². The van der Waals surface area contributed by atoms with E-state index in [1.165, 1.54) is 4.70 Å². The average Bonchev–Trinajstić information content (AvgIpc) is 2.86. The second kappa shape index (κ2) is 4.72. The van der Waals surface area contributed by atoms with Gasteiger partial charge in [-0.1, -0.05) is 17.4 Å². The molecule has 0 saturated carbocycles. The van der Waals surface area contributed by atoms with E-state index in [2.05, 4.69) is 25.2 Å². The highest BCUT2D eigenvalue weighted by molar-refractivity contribution is 7.22. The third kappa shape index (κ3) is 2.08. The van der Waals surface area contributed by atoms with E-state index < -0.39 is 0 Å². The van der Waals surface area contributed by atoms with Crippen LogP contribution in [0.25, 0.3) is 10.2 Å². The zero-order valence-corrected chi connectivity index (χ0v) is 11.5. The fourth-order valence-electron chi connectivity index (χ4n) is 2.31. The van der Waals surface area contributed by atoms with Gasteiger partial charge in [-0.15, -0.1) is 0 Å². The van der Waals surface area contributed by atoms with Crippen molar-refractivity contribution in [2.24, 2.45) is 0 Å². The van der Waals surface area contributed by atoms with Crippen molar-refractivity contribution in [1.29, 1.82) is 0 Å². The summed E-state index contributed by atoms with van der Waals surface area (Å²) in [4.78, 5) is 15.2. The number of rotatable bonds is 3. The van der Waals surface area contributed by atoms with Crippen LogP contribution in [0.5, 0.6) is 0 Å². The quantitative estimate of drug-likeness (QED) is 0.800. The minimum absolute atomic E-state index is 0.436. The van der Waals surface area contributed by atoms with Crippen molar-refractivity contribution in [2.45, 2.75) is 6.04 Å². The van der Waals surface area contributed by atoms with E-state index in [4.69, 9.17) is 0 Å². The normalized spacial score (nSPS) is 15.3. The number of thiazole rings is 1. The minimum Gasteiger partial charge on any atom is -0.355 e.